The minimum absolute atomic E-state index is 0.662. The summed E-state index contributed by atoms with van der Waals surface area (Å²) in [5.41, 5.74) is 0. The van der Waals surface area contributed by atoms with Crippen LogP contribution in [-0.4, -0.2) is 26.6 Å². The van der Waals surface area contributed by atoms with Crippen molar-refractivity contribution < 1.29 is 0 Å². The maximum Gasteiger partial charge on any atom is 0.109 e. The van der Waals surface area contributed by atoms with Crippen molar-refractivity contribution >= 4 is 8.96 Å². The molecule has 1 atom stereocenters. The standard InChI is InChI=1S/C10H21NSi/c1-5-8-11(9-6-2)12(4)10-7-3/h5-6,12H,1-2,7-10H2,3-4H3. The molecule has 12 heavy (non-hydrogen) atoms. The summed E-state index contributed by atoms with van der Waals surface area (Å²) in [6.45, 7) is 14.3. The molecular formula is C10H21NSi. The first kappa shape index (κ1) is 11.7. The number of nitrogens with zero attached hydrogens (tertiary/aromatic N) is 1. The molecule has 0 aliphatic rings. The fourth-order valence-corrected chi connectivity index (χ4v) is 3.59. The summed E-state index contributed by atoms with van der Waals surface area (Å²) in [7, 11) is -0.662. The van der Waals surface area contributed by atoms with E-state index in [2.05, 4.69) is 31.2 Å². The van der Waals surface area contributed by atoms with Gasteiger partial charge in [0.05, 0.1) is 0 Å². The number of rotatable bonds is 7. The Labute approximate surface area is 78.5 Å². The molecule has 0 rings (SSSR count). The van der Waals surface area contributed by atoms with Crippen molar-refractivity contribution in [3.8, 4) is 0 Å². The van der Waals surface area contributed by atoms with E-state index in [1.807, 2.05) is 12.2 Å². The predicted molar refractivity (Wildman–Crippen MR) is 60.1 cm³/mol. The highest BCUT2D eigenvalue weighted by molar-refractivity contribution is 6.54. The average molecular weight is 183 g/mol. The topological polar surface area (TPSA) is 3.24 Å². The molecule has 0 spiro atoms. The summed E-state index contributed by atoms with van der Waals surface area (Å²) in [5.74, 6) is 0. The van der Waals surface area contributed by atoms with Crippen LogP contribution in [0, 0.1) is 0 Å². The van der Waals surface area contributed by atoms with Gasteiger partial charge in [-0.3, -0.25) is 0 Å². The van der Waals surface area contributed by atoms with Crippen molar-refractivity contribution in [2.45, 2.75) is 25.9 Å². The molecule has 0 aliphatic carbocycles. The molecule has 0 aromatic rings. The minimum Gasteiger partial charge on any atom is -0.320 e. The molecule has 0 radical (unpaired) electrons. The lowest BCUT2D eigenvalue weighted by molar-refractivity contribution is 0.527. The van der Waals surface area contributed by atoms with Gasteiger partial charge in [-0.15, -0.1) is 13.2 Å². The van der Waals surface area contributed by atoms with Crippen molar-refractivity contribution in [2.75, 3.05) is 13.1 Å². The molecule has 0 N–H and O–H groups in total. The first-order valence-electron chi connectivity index (χ1n) is 4.72. The fourth-order valence-electron chi connectivity index (χ4n) is 1.37. The Bertz CT molecular complexity index is 124. The van der Waals surface area contributed by atoms with Gasteiger partial charge in [-0.05, 0) is 6.04 Å². The first-order valence-corrected chi connectivity index (χ1v) is 7.20. The molecule has 70 valence electrons. The smallest absolute Gasteiger partial charge is 0.109 e. The minimum atomic E-state index is -0.662. The van der Waals surface area contributed by atoms with E-state index in [4.69, 9.17) is 0 Å². The van der Waals surface area contributed by atoms with E-state index in [-0.39, 0.29) is 0 Å². The van der Waals surface area contributed by atoms with Crippen LogP contribution in [0.2, 0.25) is 12.6 Å². The Kier molecular flexibility index (Phi) is 7.10. The predicted octanol–water partition coefficient (Wildman–Crippen LogP) is 2.42. The highest BCUT2D eigenvalue weighted by atomic mass is 28.3. The van der Waals surface area contributed by atoms with Gasteiger partial charge in [0.1, 0.15) is 8.96 Å². The van der Waals surface area contributed by atoms with Crippen LogP contribution in [0.5, 0.6) is 0 Å². The van der Waals surface area contributed by atoms with Gasteiger partial charge >= 0.3 is 0 Å². The molecule has 1 nitrogen and oxygen atoms in total. The molecule has 2 heteroatoms. The third kappa shape index (κ3) is 4.52. The Balaban J connectivity index is 3.88. The summed E-state index contributed by atoms with van der Waals surface area (Å²) >= 11 is 0. The average Bonchev–Trinajstić information content (AvgIpc) is 2.04. The van der Waals surface area contributed by atoms with Crippen LogP contribution in [0.3, 0.4) is 0 Å². The largest absolute Gasteiger partial charge is 0.320 e. The molecule has 0 saturated carbocycles. The van der Waals surface area contributed by atoms with Crippen molar-refractivity contribution in [2.24, 2.45) is 0 Å². The summed E-state index contributed by atoms with van der Waals surface area (Å²) < 4.78 is 2.52. The van der Waals surface area contributed by atoms with E-state index >= 15 is 0 Å². The second kappa shape index (κ2) is 7.31. The Morgan fingerprint density at radius 1 is 1.25 bits per heavy atom. The van der Waals surface area contributed by atoms with Crippen LogP contribution in [-0.2, 0) is 0 Å². The van der Waals surface area contributed by atoms with Gasteiger partial charge < -0.3 is 4.57 Å². The highest BCUT2D eigenvalue weighted by Crippen LogP contribution is 2.03. The van der Waals surface area contributed by atoms with Crippen LogP contribution in [0.4, 0.5) is 0 Å². The third-order valence-corrected chi connectivity index (χ3v) is 5.14. The van der Waals surface area contributed by atoms with Gasteiger partial charge in [-0.1, -0.05) is 32.0 Å². The highest BCUT2D eigenvalue weighted by Gasteiger charge is 2.10. The Morgan fingerprint density at radius 3 is 2.08 bits per heavy atom. The molecular weight excluding hydrogens is 162 g/mol. The number of hydrogen-bond donors (Lipinski definition) is 0. The molecule has 0 bridgehead atoms. The van der Waals surface area contributed by atoms with E-state index in [0.29, 0.717) is 0 Å². The van der Waals surface area contributed by atoms with Gasteiger partial charge in [-0.2, -0.15) is 0 Å². The molecule has 0 fully saturated rings. The Morgan fingerprint density at radius 2 is 1.75 bits per heavy atom. The van der Waals surface area contributed by atoms with E-state index in [9.17, 15) is 0 Å². The molecule has 0 aromatic heterocycles. The normalized spacial score (nSPS) is 12.9. The molecule has 0 saturated heterocycles. The van der Waals surface area contributed by atoms with Crippen LogP contribution >= 0.6 is 0 Å². The lowest BCUT2D eigenvalue weighted by atomic mass is 10.5. The van der Waals surface area contributed by atoms with Crippen LogP contribution in [0.25, 0.3) is 0 Å². The second-order valence-corrected chi connectivity index (χ2v) is 6.17. The van der Waals surface area contributed by atoms with Gasteiger partial charge in [0.15, 0.2) is 0 Å². The van der Waals surface area contributed by atoms with Crippen molar-refractivity contribution in [3.63, 3.8) is 0 Å². The van der Waals surface area contributed by atoms with E-state index in [0.717, 1.165) is 13.1 Å². The zero-order valence-electron chi connectivity index (χ0n) is 8.42. The van der Waals surface area contributed by atoms with Gasteiger partial charge in [0, 0.05) is 13.1 Å². The summed E-state index contributed by atoms with van der Waals surface area (Å²) in [4.78, 5) is 0. The van der Waals surface area contributed by atoms with Crippen molar-refractivity contribution in [3.05, 3.63) is 25.3 Å². The van der Waals surface area contributed by atoms with Gasteiger partial charge in [-0.25, -0.2) is 0 Å². The van der Waals surface area contributed by atoms with Crippen molar-refractivity contribution in [1.29, 1.82) is 0 Å². The zero-order chi connectivity index (χ0) is 9.40. The van der Waals surface area contributed by atoms with E-state index in [1.165, 1.54) is 12.5 Å². The van der Waals surface area contributed by atoms with Crippen molar-refractivity contribution in [1.82, 2.24) is 4.57 Å². The lowest BCUT2D eigenvalue weighted by Gasteiger charge is -2.25. The fraction of sp³-hybridized carbons (Fsp3) is 0.600. The van der Waals surface area contributed by atoms with Crippen LogP contribution in [0.1, 0.15) is 13.3 Å². The van der Waals surface area contributed by atoms with Gasteiger partial charge in [0.2, 0.25) is 0 Å². The zero-order valence-corrected chi connectivity index (χ0v) is 9.58. The molecule has 0 aliphatic heterocycles. The second-order valence-electron chi connectivity index (χ2n) is 3.17. The maximum absolute atomic E-state index is 3.77. The quantitative estimate of drug-likeness (QED) is 0.433. The lowest BCUT2D eigenvalue weighted by Crippen LogP contribution is -2.36. The molecule has 1 unspecified atom stereocenters. The summed E-state index contributed by atoms with van der Waals surface area (Å²) in [6, 6.07) is 1.39. The van der Waals surface area contributed by atoms with E-state index < -0.39 is 8.96 Å². The van der Waals surface area contributed by atoms with E-state index in [1.54, 1.807) is 0 Å². The Hall–Kier alpha value is -0.343. The maximum atomic E-state index is 3.77. The monoisotopic (exact) mass is 183 g/mol. The SMILES string of the molecule is C=CCN(CC=C)[SiH](C)CCC. The van der Waals surface area contributed by atoms with Gasteiger partial charge in [0.25, 0.3) is 0 Å². The van der Waals surface area contributed by atoms with Crippen LogP contribution in [0.15, 0.2) is 25.3 Å². The summed E-state index contributed by atoms with van der Waals surface area (Å²) in [6.07, 6.45) is 5.28. The number of hydrogen-bond acceptors (Lipinski definition) is 1. The molecule has 0 aromatic carbocycles. The molecule has 0 heterocycles. The van der Waals surface area contributed by atoms with Crippen LogP contribution < -0.4 is 0 Å². The third-order valence-electron chi connectivity index (χ3n) is 2.06. The summed E-state index contributed by atoms with van der Waals surface area (Å²) in [5, 5.41) is 0. The molecule has 0 amide bonds. The first-order chi connectivity index (χ1) is 5.76.